The summed E-state index contributed by atoms with van der Waals surface area (Å²) in [7, 11) is 0. The van der Waals surface area contributed by atoms with Gasteiger partial charge in [-0.2, -0.15) is 5.10 Å². The van der Waals surface area contributed by atoms with Gasteiger partial charge in [0.25, 0.3) is 0 Å². The smallest absolute Gasteiger partial charge is 0.241 e. The van der Waals surface area contributed by atoms with Crippen LogP contribution in [0.5, 0.6) is 0 Å². The summed E-state index contributed by atoms with van der Waals surface area (Å²) in [6.07, 6.45) is 1.06. The zero-order valence-electron chi connectivity index (χ0n) is 9.92. The van der Waals surface area contributed by atoms with E-state index in [1.54, 1.807) is 0 Å². The molecular formula is C11H18N4O. The van der Waals surface area contributed by atoms with Crippen molar-refractivity contribution in [3.05, 3.63) is 11.4 Å². The van der Waals surface area contributed by atoms with Crippen LogP contribution in [0, 0.1) is 19.8 Å². The molecule has 16 heavy (non-hydrogen) atoms. The highest BCUT2D eigenvalue weighted by molar-refractivity contribution is 5.96. The summed E-state index contributed by atoms with van der Waals surface area (Å²) in [5, 5.41) is 13.1. The number of aryl methyl sites for hydroxylation is 2. The van der Waals surface area contributed by atoms with E-state index in [0.29, 0.717) is 5.92 Å². The summed E-state index contributed by atoms with van der Waals surface area (Å²) < 4.78 is 0. The number of carbonyl (C=O) groups is 1. The highest BCUT2D eigenvalue weighted by Gasteiger charge is 2.29. The first-order chi connectivity index (χ1) is 7.59. The SMILES string of the molecule is Cc1n[nH]c(C)c1NC(=O)C1NCCC1C. The minimum absolute atomic E-state index is 0.0394. The molecule has 3 N–H and O–H groups in total. The average Bonchev–Trinajstić information content (AvgIpc) is 2.79. The summed E-state index contributed by atoms with van der Waals surface area (Å²) in [5.41, 5.74) is 2.54. The van der Waals surface area contributed by atoms with Gasteiger partial charge in [-0.3, -0.25) is 9.89 Å². The minimum Gasteiger partial charge on any atom is -0.322 e. The van der Waals surface area contributed by atoms with Gasteiger partial charge in [-0.15, -0.1) is 0 Å². The fraction of sp³-hybridized carbons (Fsp3) is 0.636. The van der Waals surface area contributed by atoms with Crippen LogP contribution < -0.4 is 10.6 Å². The number of nitrogens with one attached hydrogen (secondary N) is 3. The van der Waals surface area contributed by atoms with Crippen LogP contribution in [0.1, 0.15) is 24.7 Å². The van der Waals surface area contributed by atoms with Crippen molar-refractivity contribution in [3.8, 4) is 0 Å². The van der Waals surface area contributed by atoms with E-state index in [2.05, 4.69) is 27.8 Å². The summed E-state index contributed by atoms with van der Waals surface area (Å²) in [6, 6.07) is -0.0753. The topological polar surface area (TPSA) is 69.8 Å². The van der Waals surface area contributed by atoms with Crippen molar-refractivity contribution < 1.29 is 4.79 Å². The van der Waals surface area contributed by atoms with E-state index in [0.717, 1.165) is 30.0 Å². The average molecular weight is 222 g/mol. The fourth-order valence-electron chi connectivity index (χ4n) is 2.12. The van der Waals surface area contributed by atoms with Gasteiger partial charge in [0.15, 0.2) is 0 Å². The molecule has 0 saturated carbocycles. The van der Waals surface area contributed by atoms with Crippen LogP contribution in [0.25, 0.3) is 0 Å². The molecule has 1 aliphatic heterocycles. The highest BCUT2D eigenvalue weighted by atomic mass is 16.2. The monoisotopic (exact) mass is 222 g/mol. The lowest BCUT2D eigenvalue weighted by Crippen LogP contribution is -2.39. The molecule has 1 aliphatic rings. The number of amides is 1. The lowest BCUT2D eigenvalue weighted by atomic mass is 10.0. The van der Waals surface area contributed by atoms with E-state index in [1.807, 2.05) is 13.8 Å². The molecule has 1 amide bonds. The van der Waals surface area contributed by atoms with E-state index in [-0.39, 0.29) is 11.9 Å². The van der Waals surface area contributed by atoms with Crippen LogP contribution >= 0.6 is 0 Å². The Morgan fingerprint density at radius 2 is 2.25 bits per heavy atom. The number of H-pyrrole nitrogens is 1. The number of hydrogen-bond donors (Lipinski definition) is 3. The minimum atomic E-state index is -0.0753. The molecule has 88 valence electrons. The highest BCUT2D eigenvalue weighted by Crippen LogP contribution is 2.19. The van der Waals surface area contributed by atoms with Crippen molar-refractivity contribution >= 4 is 11.6 Å². The van der Waals surface area contributed by atoms with Gasteiger partial charge in [-0.25, -0.2) is 0 Å². The molecule has 1 aromatic heterocycles. The molecule has 5 nitrogen and oxygen atoms in total. The van der Waals surface area contributed by atoms with Gasteiger partial charge in [0, 0.05) is 0 Å². The molecule has 0 radical (unpaired) electrons. The number of hydrogen-bond acceptors (Lipinski definition) is 3. The summed E-state index contributed by atoms with van der Waals surface area (Å²) in [6.45, 7) is 6.80. The van der Waals surface area contributed by atoms with Crippen LogP contribution in [-0.2, 0) is 4.79 Å². The van der Waals surface area contributed by atoms with Crippen LogP contribution in [0.15, 0.2) is 0 Å². The van der Waals surface area contributed by atoms with E-state index in [9.17, 15) is 4.79 Å². The lowest BCUT2D eigenvalue weighted by molar-refractivity contribution is -0.118. The first-order valence-electron chi connectivity index (χ1n) is 5.65. The second-order valence-electron chi connectivity index (χ2n) is 4.50. The second-order valence-corrected chi connectivity index (χ2v) is 4.50. The number of carbonyl (C=O) groups excluding carboxylic acids is 1. The Morgan fingerprint density at radius 3 is 2.75 bits per heavy atom. The van der Waals surface area contributed by atoms with Crippen LogP contribution in [-0.4, -0.2) is 28.7 Å². The maximum atomic E-state index is 12.0. The molecule has 2 heterocycles. The Bertz CT molecular complexity index is 379. The van der Waals surface area contributed by atoms with Gasteiger partial charge in [-0.1, -0.05) is 6.92 Å². The summed E-state index contributed by atoms with van der Waals surface area (Å²) >= 11 is 0. The first-order valence-corrected chi connectivity index (χ1v) is 5.65. The van der Waals surface area contributed by atoms with Gasteiger partial charge >= 0.3 is 0 Å². The Kier molecular flexibility index (Phi) is 2.96. The molecule has 1 saturated heterocycles. The van der Waals surface area contributed by atoms with Crippen molar-refractivity contribution in [2.75, 3.05) is 11.9 Å². The van der Waals surface area contributed by atoms with Crippen molar-refractivity contribution in [2.24, 2.45) is 5.92 Å². The molecule has 0 bridgehead atoms. The van der Waals surface area contributed by atoms with Crippen molar-refractivity contribution in [3.63, 3.8) is 0 Å². The maximum Gasteiger partial charge on any atom is 0.241 e. The van der Waals surface area contributed by atoms with Crippen molar-refractivity contribution in [1.29, 1.82) is 0 Å². The number of anilines is 1. The van der Waals surface area contributed by atoms with E-state index >= 15 is 0 Å². The molecule has 2 atom stereocenters. The predicted molar refractivity (Wildman–Crippen MR) is 62.3 cm³/mol. The van der Waals surface area contributed by atoms with Gasteiger partial charge in [-0.05, 0) is 32.7 Å². The van der Waals surface area contributed by atoms with Gasteiger partial charge in [0.2, 0.25) is 5.91 Å². The Labute approximate surface area is 95.0 Å². The van der Waals surface area contributed by atoms with Crippen LogP contribution in [0.2, 0.25) is 0 Å². The lowest BCUT2D eigenvalue weighted by Gasteiger charge is -2.15. The van der Waals surface area contributed by atoms with Gasteiger partial charge in [0.05, 0.1) is 23.1 Å². The Morgan fingerprint density at radius 1 is 1.50 bits per heavy atom. The van der Waals surface area contributed by atoms with Crippen LogP contribution in [0.4, 0.5) is 5.69 Å². The first kappa shape index (κ1) is 11.1. The standard InChI is InChI=1S/C11H18N4O/c1-6-4-5-12-9(6)11(16)13-10-7(2)14-15-8(10)3/h6,9,12H,4-5H2,1-3H3,(H,13,16)(H,14,15). The fourth-order valence-corrected chi connectivity index (χ4v) is 2.12. The normalized spacial score (nSPS) is 24.7. The zero-order chi connectivity index (χ0) is 11.7. The number of aromatic amines is 1. The van der Waals surface area contributed by atoms with E-state index in [1.165, 1.54) is 0 Å². The molecule has 0 aliphatic carbocycles. The van der Waals surface area contributed by atoms with Crippen LogP contribution in [0.3, 0.4) is 0 Å². The third-order valence-electron chi connectivity index (χ3n) is 3.19. The Balaban J connectivity index is 2.07. The zero-order valence-corrected chi connectivity index (χ0v) is 9.92. The molecule has 2 unspecified atom stereocenters. The quantitative estimate of drug-likeness (QED) is 0.698. The molecular weight excluding hydrogens is 204 g/mol. The number of nitrogens with zero attached hydrogens (tertiary/aromatic N) is 1. The molecule has 1 aromatic rings. The Hall–Kier alpha value is -1.36. The van der Waals surface area contributed by atoms with E-state index in [4.69, 9.17) is 0 Å². The number of aromatic nitrogens is 2. The number of rotatable bonds is 2. The van der Waals surface area contributed by atoms with Crippen molar-refractivity contribution in [1.82, 2.24) is 15.5 Å². The molecule has 0 aromatic carbocycles. The van der Waals surface area contributed by atoms with Crippen molar-refractivity contribution in [2.45, 2.75) is 33.2 Å². The summed E-state index contributed by atoms with van der Waals surface area (Å²) in [4.78, 5) is 12.0. The van der Waals surface area contributed by atoms with Gasteiger partial charge in [0.1, 0.15) is 0 Å². The second kappa shape index (κ2) is 4.25. The predicted octanol–water partition coefficient (Wildman–Crippen LogP) is 0.963. The molecule has 5 heteroatoms. The van der Waals surface area contributed by atoms with Gasteiger partial charge < -0.3 is 10.6 Å². The maximum absolute atomic E-state index is 12.0. The molecule has 2 rings (SSSR count). The molecule has 0 spiro atoms. The largest absolute Gasteiger partial charge is 0.322 e. The third kappa shape index (κ3) is 1.95. The van der Waals surface area contributed by atoms with E-state index < -0.39 is 0 Å². The molecule has 1 fully saturated rings. The third-order valence-corrected chi connectivity index (χ3v) is 3.19. The summed E-state index contributed by atoms with van der Waals surface area (Å²) in [5.74, 6) is 0.435.